The number of thiazole rings is 1. The summed E-state index contributed by atoms with van der Waals surface area (Å²) in [5, 5.41) is 4.57. The molecule has 1 aliphatic rings. The van der Waals surface area contributed by atoms with Gasteiger partial charge in [0.05, 0.1) is 29.0 Å². The third-order valence-electron chi connectivity index (χ3n) is 4.93. The molecule has 13 heteroatoms. The zero-order valence-corrected chi connectivity index (χ0v) is 18.5. The summed E-state index contributed by atoms with van der Waals surface area (Å²) < 4.78 is 43.4. The Kier molecular flexibility index (Phi) is 6.56. The molecule has 1 N–H and O–H groups in total. The van der Waals surface area contributed by atoms with E-state index in [0.717, 1.165) is 12.3 Å². The van der Waals surface area contributed by atoms with Gasteiger partial charge in [0.25, 0.3) is 5.91 Å². The smallest absolute Gasteiger partial charge is 0.417 e. The van der Waals surface area contributed by atoms with Crippen molar-refractivity contribution in [2.75, 3.05) is 36.4 Å². The number of hydrogen-bond donors (Lipinski definition) is 1. The number of hydrogen-bond acceptors (Lipinski definition) is 7. The van der Waals surface area contributed by atoms with Crippen LogP contribution in [0, 0.1) is 0 Å². The molecule has 0 bridgehead atoms. The average Bonchev–Trinajstić information content (AvgIpc) is 3.46. The molecule has 0 atom stereocenters. The van der Waals surface area contributed by atoms with E-state index in [1.54, 1.807) is 21.2 Å². The molecule has 4 heterocycles. The van der Waals surface area contributed by atoms with Gasteiger partial charge in [-0.05, 0) is 18.2 Å². The summed E-state index contributed by atoms with van der Waals surface area (Å²) >= 11 is 7.22. The quantitative estimate of drug-likeness (QED) is 0.571. The number of furan rings is 1. The monoisotopic (exact) mass is 499 g/mol. The summed E-state index contributed by atoms with van der Waals surface area (Å²) in [4.78, 5) is 36.2. The van der Waals surface area contributed by atoms with Gasteiger partial charge in [-0.25, -0.2) is 9.97 Å². The largest absolute Gasteiger partial charge is 0.459 e. The predicted molar refractivity (Wildman–Crippen MR) is 116 cm³/mol. The molecule has 4 rings (SSSR count). The number of nitrogens with one attached hydrogen (secondary N) is 1. The van der Waals surface area contributed by atoms with Crippen molar-refractivity contribution in [1.29, 1.82) is 0 Å². The van der Waals surface area contributed by atoms with Crippen LogP contribution in [0.2, 0.25) is 5.02 Å². The first-order chi connectivity index (χ1) is 15.7. The minimum Gasteiger partial charge on any atom is -0.459 e. The number of aromatic nitrogens is 2. The Morgan fingerprint density at radius 2 is 2.00 bits per heavy atom. The fourth-order valence-corrected chi connectivity index (χ4v) is 4.26. The van der Waals surface area contributed by atoms with Crippen LogP contribution in [0.4, 0.5) is 24.1 Å². The average molecular weight is 500 g/mol. The molecule has 2 amide bonds. The number of carbonyl (C=O) groups is 2. The van der Waals surface area contributed by atoms with Gasteiger partial charge in [0, 0.05) is 37.8 Å². The van der Waals surface area contributed by atoms with Gasteiger partial charge in [-0.1, -0.05) is 11.6 Å². The second-order valence-electron chi connectivity index (χ2n) is 7.15. The molecule has 174 valence electrons. The van der Waals surface area contributed by atoms with Gasteiger partial charge in [-0.2, -0.15) is 13.2 Å². The van der Waals surface area contributed by atoms with Crippen LogP contribution < -0.4 is 10.2 Å². The molecule has 0 aromatic carbocycles. The number of nitrogens with zero attached hydrogens (tertiary/aromatic N) is 4. The summed E-state index contributed by atoms with van der Waals surface area (Å²) in [5.74, 6) is -0.161. The lowest BCUT2D eigenvalue weighted by atomic mass is 10.2. The van der Waals surface area contributed by atoms with Gasteiger partial charge in [-0.3, -0.25) is 14.9 Å². The number of amides is 2. The van der Waals surface area contributed by atoms with Crippen molar-refractivity contribution < 1.29 is 27.2 Å². The Balaban J connectivity index is 1.30. The lowest BCUT2D eigenvalue weighted by Gasteiger charge is -2.35. The molecule has 0 aliphatic carbocycles. The van der Waals surface area contributed by atoms with E-state index in [4.69, 9.17) is 16.0 Å². The molecule has 8 nitrogen and oxygen atoms in total. The van der Waals surface area contributed by atoms with Crippen LogP contribution in [0.5, 0.6) is 0 Å². The maximum absolute atomic E-state index is 12.8. The highest BCUT2D eigenvalue weighted by molar-refractivity contribution is 7.14. The van der Waals surface area contributed by atoms with Crippen LogP contribution in [-0.2, 0) is 17.4 Å². The number of piperazine rings is 1. The Bertz CT molecular complexity index is 1140. The summed E-state index contributed by atoms with van der Waals surface area (Å²) in [6.07, 6.45) is -2.31. The van der Waals surface area contributed by atoms with Crippen LogP contribution in [0.3, 0.4) is 0 Å². The van der Waals surface area contributed by atoms with E-state index in [1.807, 2.05) is 0 Å². The van der Waals surface area contributed by atoms with E-state index >= 15 is 0 Å². The molecular weight excluding hydrogens is 483 g/mol. The summed E-state index contributed by atoms with van der Waals surface area (Å²) in [6.45, 7) is 1.49. The van der Waals surface area contributed by atoms with Crippen LogP contribution in [-0.4, -0.2) is 52.9 Å². The van der Waals surface area contributed by atoms with Gasteiger partial charge in [0.1, 0.15) is 5.82 Å². The maximum Gasteiger partial charge on any atom is 0.417 e. The van der Waals surface area contributed by atoms with Crippen molar-refractivity contribution in [3.05, 3.63) is 58.1 Å². The Morgan fingerprint density at radius 1 is 1.24 bits per heavy atom. The van der Waals surface area contributed by atoms with Gasteiger partial charge in [0.2, 0.25) is 5.91 Å². The first kappa shape index (κ1) is 23.1. The molecule has 1 aliphatic heterocycles. The van der Waals surface area contributed by atoms with E-state index in [0.29, 0.717) is 37.0 Å². The first-order valence-corrected chi connectivity index (χ1v) is 11.0. The minimum atomic E-state index is -4.52. The SMILES string of the molecule is O=C(Nc1nc(CC(=O)N2CCN(c3ncc(C(F)(F)F)cc3Cl)CC2)cs1)c1ccco1. The highest BCUT2D eigenvalue weighted by atomic mass is 35.5. The predicted octanol–water partition coefficient (Wildman–Crippen LogP) is 3.95. The summed E-state index contributed by atoms with van der Waals surface area (Å²) in [6, 6.07) is 3.98. The van der Waals surface area contributed by atoms with Crippen LogP contribution in [0.15, 0.2) is 40.5 Å². The van der Waals surface area contributed by atoms with Crippen molar-refractivity contribution in [2.45, 2.75) is 12.6 Å². The highest BCUT2D eigenvalue weighted by Crippen LogP contribution is 2.33. The second kappa shape index (κ2) is 9.40. The van der Waals surface area contributed by atoms with Crippen LogP contribution >= 0.6 is 22.9 Å². The van der Waals surface area contributed by atoms with Crippen LogP contribution in [0.1, 0.15) is 21.8 Å². The Labute approximate surface area is 195 Å². The normalized spacial score (nSPS) is 14.4. The lowest BCUT2D eigenvalue weighted by molar-refractivity contribution is -0.137. The third kappa shape index (κ3) is 5.45. The van der Waals surface area contributed by atoms with E-state index < -0.39 is 17.6 Å². The fraction of sp³-hybridized carbons (Fsp3) is 0.300. The van der Waals surface area contributed by atoms with Crippen molar-refractivity contribution in [2.24, 2.45) is 0 Å². The van der Waals surface area contributed by atoms with Crippen molar-refractivity contribution >= 4 is 45.7 Å². The van der Waals surface area contributed by atoms with Crippen molar-refractivity contribution in [1.82, 2.24) is 14.9 Å². The fourth-order valence-electron chi connectivity index (χ4n) is 3.26. The van der Waals surface area contributed by atoms with Crippen molar-refractivity contribution in [3.63, 3.8) is 0 Å². The number of anilines is 2. The third-order valence-corrected chi connectivity index (χ3v) is 6.02. The highest BCUT2D eigenvalue weighted by Gasteiger charge is 2.32. The van der Waals surface area contributed by atoms with E-state index in [1.165, 1.54) is 23.7 Å². The standard InChI is InChI=1S/C20H17ClF3N5O3S/c21-14-8-12(20(22,23)24)10-25-17(14)29-5-3-28(4-6-29)16(30)9-13-11-33-19(26-13)27-18(31)15-2-1-7-32-15/h1-2,7-8,10-11H,3-6,9H2,(H,26,27,31). The molecule has 33 heavy (non-hydrogen) atoms. The summed E-state index contributed by atoms with van der Waals surface area (Å²) in [5.41, 5.74) is -0.386. The topological polar surface area (TPSA) is 91.6 Å². The van der Waals surface area contributed by atoms with E-state index in [9.17, 15) is 22.8 Å². The Hall–Kier alpha value is -3.12. The molecule has 3 aromatic heterocycles. The number of halogens is 4. The van der Waals surface area contributed by atoms with E-state index in [-0.39, 0.29) is 28.9 Å². The molecular formula is C20H17ClF3N5O3S. The van der Waals surface area contributed by atoms with Gasteiger partial charge in [-0.15, -0.1) is 11.3 Å². The zero-order chi connectivity index (χ0) is 23.6. The number of rotatable bonds is 5. The zero-order valence-electron chi connectivity index (χ0n) is 16.9. The molecule has 1 fully saturated rings. The van der Waals surface area contributed by atoms with Gasteiger partial charge >= 0.3 is 6.18 Å². The summed E-state index contributed by atoms with van der Waals surface area (Å²) in [7, 11) is 0. The van der Waals surface area contributed by atoms with Gasteiger partial charge < -0.3 is 14.2 Å². The second-order valence-corrected chi connectivity index (χ2v) is 8.41. The lowest BCUT2D eigenvalue weighted by Crippen LogP contribution is -2.49. The molecule has 1 saturated heterocycles. The van der Waals surface area contributed by atoms with Crippen LogP contribution in [0.25, 0.3) is 0 Å². The first-order valence-electron chi connectivity index (χ1n) is 9.75. The molecule has 3 aromatic rings. The Morgan fingerprint density at radius 3 is 2.64 bits per heavy atom. The van der Waals surface area contributed by atoms with Crippen molar-refractivity contribution in [3.8, 4) is 0 Å². The molecule has 0 unspecified atom stereocenters. The molecule has 0 radical (unpaired) electrons. The number of carbonyl (C=O) groups excluding carboxylic acids is 2. The maximum atomic E-state index is 12.8. The van der Waals surface area contributed by atoms with Gasteiger partial charge in [0.15, 0.2) is 10.9 Å². The number of pyridine rings is 1. The minimum absolute atomic E-state index is 0.0619. The molecule has 0 saturated carbocycles. The van der Waals surface area contributed by atoms with E-state index in [2.05, 4.69) is 15.3 Å². The number of alkyl halides is 3. The molecule has 0 spiro atoms.